The molecule has 1 rings (SSSR count). The fourth-order valence-electron chi connectivity index (χ4n) is 1.13. The van der Waals surface area contributed by atoms with Gasteiger partial charge in [-0.2, -0.15) is 10.4 Å². The van der Waals surface area contributed by atoms with E-state index in [4.69, 9.17) is 10.4 Å². The predicted molar refractivity (Wildman–Crippen MR) is 46.2 cm³/mol. The second kappa shape index (κ2) is 4.37. The Morgan fingerprint density at radius 1 is 1.71 bits per heavy atom. The van der Waals surface area contributed by atoms with Crippen molar-refractivity contribution in [1.29, 1.82) is 5.26 Å². The lowest BCUT2D eigenvalue weighted by atomic mass is 10.2. The van der Waals surface area contributed by atoms with Gasteiger partial charge in [-0.15, -0.1) is 0 Å². The summed E-state index contributed by atoms with van der Waals surface area (Å²) in [5.41, 5.74) is 0.348. The predicted octanol–water partition coefficient (Wildman–Crippen LogP) is -0.0369. The SMILES string of the molecule is N#CCCN1N=C(CC(=O)O)CC1=O. The van der Waals surface area contributed by atoms with Gasteiger partial charge in [0.15, 0.2) is 0 Å². The van der Waals surface area contributed by atoms with Gasteiger partial charge >= 0.3 is 5.97 Å². The van der Waals surface area contributed by atoms with Crippen molar-refractivity contribution in [3.8, 4) is 6.07 Å². The standard InChI is InChI=1S/C8H9N3O3/c9-2-1-3-11-7(12)4-6(10-11)5-8(13)14/h1,3-5H2,(H,13,14). The van der Waals surface area contributed by atoms with Gasteiger partial charge < -0.3 is 5.11 Å². The molecule has 0 saturated carbocycles. The Morgan fingerprint density at radius 3 is 3.00 bits per heavy atom. The van der Waals surface area contributed by atoms with Crippen molar-refractivity contribution in [2.45, 2.75) is 19.3 Å². The number of rotatable bonds is 4. The lowest BCUT2D eigenvalue weighted by molar-refractivity contribution is -0.135. The molecule has 0 unspecified atom stereocenters. The minimum absolute atomic E-state index is 0.0533. The molecule has 0 bridgehead atoms. The molecule has 0 radical (unpaired) electrons. The number of carbonyl (C=O) groups excluding carboxylic acids is 1. The van der Waals surface area contributed by atoms with Crippen LogP contribution in [0, 0.1) is 11.3 Å². The zero-order chi connectivity index (χ0) is 10.6. The average molecular weight is 195 g/mol. The molecule has 1 amide bonds. The van der Waals surface area contributed by atoms with E-state index >= 15 is 0 Å². The first kappa shape index (κ1) is 10.2. The molecular weight excluding hydrogens is 186 g/mol. The molecule has 1 heterocycles. The van der Waals surface area contributed by atoms with Gasteiger partial charge in [0.05, 0.1) is 37.6 Å². The molecule has 0 spiro atoms. The maximum absolute atomic E-state index is 11.2. The summed E-state index contributed by atoms with van der Waals surface area (Å²) in [6, 6.07) is 1.89. The molecule has 0 saturated heterocycles. The number of hydrazone groups is 1. The van der Waals surface area contributed by atoms with Crippen LogP contribution < -0.4 is 0 Å². The number of carboxylic acid groups (broad SMARTS) is 1. The molecule has 14 heavy (non-hydrogen) atoms. The fraction of sp³-hybridized carbons (Fsp3) is 0.500. The molecule has 0 aromatic carbocycles. The number of carboxylic acids is 1. The van der Waals surface area contributed by atoms with Gasteiger partial charge in [0.2, 0.25) is 5.91 Å². The Labute approximate surface area is 80.4 Å². The third kappa shape index (κ3) is 2.55. The molecule has 1 N–H and O–H groups in total. The van der Waals surface area contributed by atoms with Gasteiger partial charge in [0, 0.05) is 0 Å². The number of amides is 1. The summed E-state index contributed by atoms with van der Waals surface area (Å²) in [5.74, 6) is -1.24. The molecule has 1 aliphatic heterocycles. The zero-order valence-corrected chi connectivity index (χ0v) is 7.43. The van der Waals surface area contributed by atoms with Crippen molar-refractivity contribution in [1.82, 2.24) is 5.01 Å². The summed E-state index contributed by atoms with van der Waals surface area (Å²) < 4.78 is 0. The van der Waals surface area contributed by atoms with Crippen molar-refractivity contribution in [2.75, 3.05) is 6.54 Å². The third-order valence-corrected chi connectivity index (χ3v) is 1.70. The van der Waals surface area contributed by atoms with Crippen LogP contribution in [0.25, 0.3) is 0 Å². The Balaban J connectivity index is 2.54. The lowest BCUT2D eigenvalue weighted by Gasteiger charge is -2.07. The summed E-state index contributed by atoms with van der Waals surface area (Å²) >= 11 is 0. The maximum Gasteiger partial charge on any atom is 0.309 e. The average Bonchev–Trinajstić information content (AvgIpc) is 2.41. The Bertz CT molecular complexity index is 329. The molecule has 1 aliphatic rings. The molecular formula is C8H9N3O3. The van der Waals surface area contributed by atoms with E-state index in [1.807, 2.05) is 6.07 Å². The van der Waals surface area contributed by atoms with Crippen LogP contribution in [0.15, 0.2) is 5.10 Å². The number of hydrogen-bond donors (Lipinski definition) is 1. The van der Waals surface area contributed by atoms with E-state index in [1.165, 1.54) is 0 Å². The normalized spacial score (nSPS) is 15.2. The quantitative estimate of drug-likeness (QED) is 0.681. The van der Waals surface area contributed by atoms with Crippen LogP contribution in [-0.2, 0) is 9.59 Å². The van der Waals surface area contributed by atoms with Crippen molar-refractivity contribution in [2.24, 2.45) is 5.10 Å². The number of aliphatic carboxylic acids is 1. The van der Waals surface area contributed by atoms with Gasteiger partial charge in [-0.05, 0) is 0 Å². The van der Waals surface area contributed by atoms with E-state index in [-0.39, 0.29) is 31.7 Å². The summed E-state index contributed by atoms with van der Waals surface area (Å²) in [4.78, 5) is 21.5. The van der Waals surface area contributed by atoms with Crippen LogP contribution in [0.2, 0.25) is 0 Å². The smallest absolute Gasteiger partial charge is 0.309 e. The van der Waals surface area contributed by atoms with Crippen molar-refractivity contribution in [3.05, 3.63) is 0 Å². The molecule has 0 atom stereocenters. The first-order chi connectivity index (χ1) is 6.63. The summed E-state index contributed by atoms with van der Waals surface area (Å²) in [5, 5.41) is 21.7. The topological polar surface area (TPSA) is 93.8 Å². The zero-order valence-electron chi connectivity index (χ0n) is 7.43. The number of nitrogens with zero attached hydrogens (tertiary/aromatic N) is 3. The van der Waals surface area contributed by atoms with E-state index < -0.39 is 5.97 Å². The minimum atomic E-state index is -1.00. The molecule has 0 fully saturated rings. The van der Waals surface area contributed by atoms with Crippen molar-refractivity contribution >= 4 is 17.6 Å². The van der Waals surface area contributed by atoms with Crippen LogP contribution in [0.3, 0.4) is 0 Å². The summed E-state index contributed by atoms with van der Waals surface area (Å²) in [7, 11) is 0. The highest BCUT2D eigenvalue weighted by molar-refractivity contribution is 6.10. The molecule has 0 aliphatic carbocycles. The monoisotopic (exact) mass is 195 g/mol. The highest BCUT2D eigenvalue weighted by atomic mass is 16.4. The van der Waals surface area contributed by atoms with Gasteiger partial charge in [0.25, 0.3) is 0 Å². The van der Waals surface area contributed by atoms with Gasteiger partial charge in [-0.1, -0.05) is 0 Å². The van der Waals surface area contributed by atoms with E-state index in [9.17, 15) is 9.59 Å². The van der Waals surface area contributed by atoms with Crippen molar-refractivity contribution in [3.63, 3.8) is 0 Å². The summed E-state index contributed by atoms with van der Waals surface area (Å²) in [6.45, 7) is 0.235. The Kier molecular flexibility index (Phi) is 3.18. The van der Waals surface area contributed by atoms with Gasteiger partial charge in [-0.25, -0.2) is 5.01 Å². The minimum Gasteiger partial charge on any atom is -0.481 e. The van der Waals surface area contributed by atoms with E-state index in [2.05, 4.69) is 5.10 Å². The van der Waals surface area contributed by atoms with E-state index in [0.29, 0.717) is 5.71 Å². The molecule has 74 valence electrons. The van der Waals surface area contributed by atoms with E-state index in [1.54, 1.807) is 0 Å². The maximum atomic E-state index is 11.2. The van der Waals surface area contributed by atoms with Gasteiger partial charge in [-0.3, -0.25) is 9.59 Å². The largest absolute Gasteiger partial charge is 0.481 e. The van der Waals surface area contributed by atoms with Crippen LogP contribution >= 0.6 is 0 Å². The van der Waals surface area contributed by atoms with Crippen LogP contribution in [0.4, 0.5) is 0 Å². The Morgan fingerprint density at radius 2 is 2.43 bits per heavy atom. The van der Waals surface area contributed by atoms with Crippen LogP contribution in [-0.4, -0.2) is 34.2 Å². The molecule has 6 heteroatoms. The van der Waals surface area contributed by atoms with Gasteiger partial charge in [0.1, 0.15) is 0 Å². The Hall–Kier alpha value is -1.90. The van der Waals surface area contributed by atoms with Crippen molar-refractivity contribution < 1.29 is 14.7 Å². The molecule has 0 aromatic rings. The highest BCUT2D eigenvalue weighted by Gasteiger charge is 2.24. The van der Waals surface area contributed by atoms with Crippen LogP contribution in [0.5, 0.6) is 0 Å². The number of hydrogen-bond acceptors (Lipinski definition) is 4. The lowest BCUT2D eigenvalue weighted by Crippen LogP contribution is -2.21. The fourth-order valence-corrected chi connectivity index (χ4v) is 1.13. The van der Waals surface area contributed by atoms with Crippen LogP contribution in [0.1, 0.15) is 19.3 Å². The van der Waals surface area contributed by atoms with E-state index in [0.717, 1.165) is 5.01 Å². The highest BCUT2D eigenvalue weighted by Crippen LogP contribution is 2.10. The third-order valence-electron chi connectivity index (χ3n) is 1.70. The molecule has 0 aromatic heterocycles. The first-order valence-electron chi connectivity index (χ1n) is 4.09. The first-order valence-corrected chi connectivity index (χ1v) is 4.09. The number of nitriles is 1. The second-order valence-corrected chi connectivity index (χ2v) is 2.84. The molecule has 6 nitrogen and oxygen atoms in total. The second-order valence-electron chi connectivity index (χ2n) is 2.84. The summed E-state index contributed by atoms with van der Waals surface area (Å²) in [6.07, 6.45) is 0.0438. The number of carbonyl (C=O) groups is 2.